The molecule has 0 aromatic carbocycles. The van der Waals surface area contributed by atoms with Crippen molar-refractivity contribution in [1.82, 2.24) is 5.06 Å². The average Bonchev–Trinajstić information content (AvgIpc) is 2.39. The molecule has 1 aliphatic carbocycles. The summed E-state index contributed by atoms with van der Waals surface area (Å²) in [6.07, 6.45) is 5.19. The molecule has 0 aliphatic heterocycles. The van der Waals surface area contributed by atoms with Crippen molar-refractivity contribution in [3.8, 4) is 0 Å². The van der Waals surface area contributed by atoms with Crippen molar-refractivity contribution in [2.45, 2.75) is 78.0 Å². The van der Waals surface area contributed by atoms with Gasteiger partial charge in [0.1, 0.15) is 5.78 Å². The molecule has 0 amide bonds. The van der Waals surface area contributed by atoms with E-state index < -0.39 is 18.9 Å². The van der Waals surface area contributed by atoms with Crippen molar-refractivity contribution < 1.29 is 18.8 Å². The molecule has 0 heterocycles. The lowest BCUT2D eigenvalue weighted by molar-refractivity contribution is -0.236. The predicted molar refractivity (Wildman–Crippen MR) is 83.5 cm³/mol. The third-order valence-electron chi connectivity index (χ3n) is 3.91. The lowest BCUT2D eigenvalue weighted by Crippen LogP contribution is -2.49. The quantitative estimate of drug-likeness (QED) is 0.508. The summed E-state index contributed by atoms with van der Waals surface area (Å²) in [5.41, 5.74) is -0.619. The molecule has 1 aliphatic rings. The molecule has 1 radical (unpaired) electrons. The highest BCUT2D eigenvalue weighted by Crippen LogP contribution is 2.59. The molecule has 1 saturated carbocycles. The van der Waals surface area contributed by atoms with Crippen LogP contribution in [0.5, 0.6) is 0 Å². The first-order chi connectivity index (χ1) is 9.76. The van der Waals surface area contributed by atoms with E-state index in [-0.39, 0.29) is 5.92 Å². The fourth-order valence-corrected chi connectivity index (χ4v) is 5.47. The Kier molecular flexibility index (Phi) is 7.35. The van der Waals surface area contributed by atoms with Gasteiger partial charge in [0.05, 0.1) is 13.2 Å². The highest BCUT2D eigenvalue weighted by Gasteiger charge is 2.48. The second-order valence-corrected chi connectivity index (χ2v) is 8.81. The summed E-state index contributed by atoms with van der Waals surface area (Å²) in [6, 6.07) is 0. The van der Waals surface area contributed by atoms with E-state index in [4.69, 9.17) is 9.05 Å². The Morgan fingerprint density at radius 2 is 1.57 bits per heavy atom. The largest absolute Gasteiger partial charge is 0.350 e. The molecule has 0 N–H and O–H groups in total. The van der Waals surface area contributed by atoms with E-state index in [9.17, 15) is 9.77 Å². The van der Waals surface area contributed by atoms with Crippen LogP contribution in [0, 0.1) is 5.92 Å². The Hall–Kier alpha value is 0.0700. The Morgan fingerprint density at radius 1 is 1.10 bits per heavy atom. The van der Waals surface area contributed by atoms with E-state index >= 15 is 0 Å². The Morgan fingerprint density at radius 3 is 1.95 bits per heavy atom. The second kappa shape index (κ2) is 8.07. The number of rotatable bonds is 7. The van der Waals surface area contributed by atoms with E-state index in [0.717, 1.165) is 30.7 Å². The third-order valence-corrected chi connectivity index (χ3v) is 6.43. The minimum absolute atomic E-state index is 0.0828. The van der Waals surface area contributed by atoms with Crippen LogP contribution in [0.1, 0.15) is 66.7 Å². The monoisotopic (exact) mass is 320 g/mol. The number of hydroxylamine groups is 2. The average molecular weight is 320 g/mol. The molecular formula is C15H31NO4P. The van der Waals surface area contributed by atoms with Crippen LogP contribution < -0.4 is 0 Å². The van der Waals surface area contributed by atoms with Crippen LogP contribution in [-0.2, 0) is 18.8 Å². The van der Waals surface area contributed by atoms with Crippen LogP contribution in [0.25, 0.3) is 0 Å². The normalized spacial score (nSPS) is 20.0. The lowest BCUT2D eigenvalue weighted by Gasteiger charge is -2.42. The molecule has 125 valence electrons. The van der Waals surface area contributed by atoms with E-state index in [2.05, 4.69) is 0 Å². The first-order valence-corrected chi connectivity index (χ1v) is 9.72. The molecule has 1 atom stereocenters. The third kappa shape index (κ3) is 5.04. The Labute approximate surface area is 129 Å². The Balaban J connectivity index is 3.11. The number of hydrogen-bond acceptors (Lipinski definition) is 4. The summed E-state index contributed by atoms with van der Waals surface area (Å²) >= 11 is 0. The van der Waals surface area contributed by atoms with Crippen LogP contribution in [0.2, 0.25) is 0 Å². The fourth-order valence-electron chi connectivity index (χ4n) is 2.96. The van der Waals surface area contributed by atoms with Gasteiger partial charge in [-0.2, -0.15) is 0 Å². The van der Waals surface area contributed by atoms with E-state index in [1.165, 1.54) is 6.42 Å². The number of nitrogens with zero attached hydrogens (tertiary/aromatic N) is 1. The zero-order valence-electron chi connectivity index (χ0n) is 14.1. The van der Waals surface area contributed by atoms with Crippen molar-refractivity contribution in [2.24, 2.45) is 5.92 Å². The van der Waals surface area contributed by atoms with Gasteiger partial charge in [0.2, 0.25) is 0 Å². The maximum Gasteiger partial charge on any atom is 0.350 e. The SMILES string of the molecule is CCOP(=O)(OCC)C(C1CCCCC1)N([O])C(C)(C)C. The van der Waals surface area contributed by atoms with Gasteiger partial charge in [-0.25, -0.2) is 0 Å². The zero-order valence-corrected chi connectivity index (χ0v) is 15.0. The van der Waals surface area contributed by atoms with Gasteiger partial charge in [0.25, 0.3) is 0 Å². The van der Waals surface area contributed by atoms with Gasteiger partial charge in [0.15, 0.2) is 0 Å². The zero-order chi connectivity index (χ0) is 16.1. The van der Waals surface area contributed by atoms with Crippen molar-refractivity contribution in [2.75, 3.05) is 13.2 Å². The van der Waals surface area contributed by atoms with Crippen LogP contribution in [0.4, 0.5) is 0 Å². The maximum absolute atomic E-state index is 13.2. The molecule has 1 unspecified atom stereocenters. The van der Waals surface area contributed by atoms with Crippen molar-refractivity contribution in [3.63, 3.8) is 0 Å². The summed E-state index contributed by atoms with van der Waals surface area (Å²) in [5, 5.41) is 13.8. The molecule has 0 aromatic heterocycles. The Bertz CT molecular complexity index is 340. The maximum atomic E-state index is 13.2. The number of hydrogen-bond donors (Lipinski definition) is 0. The van der Waals surface area contributed by atoms with Gasteiger partial charge in [-0.3, -0.25) is 4.57 Å². The van der Waals surface area contributed by atoms with E-state index in [1.807, 2.05) is 20.8 Å². The topological polar surface area (TPSA) is 58.7 Å². The molecule has 5 nitrogen and oxygen atoms in total. The van der Waals surface area contributed by atoms with Crippen molar-refractivity contribution >= 4 is 7.60 Å². The van der Waals surface area contributed by atoms with Crippen LogP contribution >= 0.6 is 7.60 Å². The lowest BCUT2D eigenvalue weighted by atomic mass is 9.88. The van der Waals surface area contributed by atoms with Crippen LogP contribution in [-0.4, -0.2) is 29.6 Å². The first-order valence-electron chi connectivity index (χ1n) is 8.11. The molecule has 0 aromatic rings. The summed E-state index contributed by atoms with van der Waals surface area (Å²) in [6.45, 7) is 9.69. The highest BCUT2D eigenvalue weighted by molar-refractivity contribution is 7.54. The summed E-state index contributed by atoms with van der Waals surface area (Å²) in [7, 11) is -3.44. The van der Waals surface area contributed by atoms with E-state index in [1.54, 1.807) is 13.8 Å². The minimum atomic E-state index is -3.44. The molecule has 6 heteroatoms. The van der Waals surface area contributed by atoms with Gasteiger partial charge >= 0.3 is 7.60 Å². The summed E-state index contributed by atoms with van der Waals surface area (Å²) in [5.74, 6) is -0.614. The predicted octanol–water partition coefficient (Wildman–Crippen LogP) is 4.60. The van der Waals surface area contributed by atoms with Gasteiger partial charge < -0.3 is 9.05 Å². The smallest absolute Gasteiger partial charge is 0.308 e. The van der Waals surface area contributed by atoms with Crippen molar-refractivity contribution in [3.05, 3.63) is 0 Å². The summed E-state index contributed by atoms with van der Waals surface area (Å²) < 4.78 is 24.2. The molecule has 1 fully saturated rings. The second-order valence-electron chi connectivity index (χ2n) is 6.68. The van der Waals surface area contributed by atoms with Gasteiger partial charge in [-0.1, -0.05) is 19.3 Å². The van der Waals surface area contributed by atoms with Crippen molar-refractivity contribution in [1.29, 1.82) is 0 Å². The molecular weight excluding hydrogens is 289 g/mol. The van der Waals surface area contributed by atoms with Crippen LogP contribution in [0.3, 0.4) is 0 Å². The molecule has 0 spiro atoms. The van der Waals surface area contributed by atoms with Gasteiger partial charge in [-0.05, 0) is 53.4 Å². The fraction of sp³-hybridized carbons (Fsp3) is 1.00. The standard InChI is InChI=1S/C15H31NO4P/c1-6-19-21(18,20-7-2)14(16(17)15(3,4)5)13-11-9-8-10-12-13/h13-14H,6-12H2,1-5H3. The minimum Gasteiger partial charge on any atom is -0.308 e. The first kappa shape index (κ1) is 19.1. The summed E-state index contributed by atoms with van der Waals surface area (Å²) in [4.78, 5) is 0. The van der Waals surface area contributed by atoms with E-state index in [0.29, 0.717) is 13.2 Å². The van der Waals surface area contributed by atoms with Crippen LogP contribution in [0.15, 0.2) is 0 Å². The molecule has 0 saturated heterocycles. The van der Waals surface area contributed by atoms with Gasteiger partial charge in [0, 0.05) is 5.54 Å². The molecule has 1 rings (SSSR count). The molecule has 0 bridgehead atoms. The highest BCUT2D eigenvalue weighted by atomic mass is 31.2. The molecule has 21 heavy (non-hydrogen) atoms. The van der Waals surface area contributed by atoms with Gasteiger partial charge in [-0.15, -0.1) is 10.3 Å².